The smallest absolute Gasteiger partial charge is 0.168 e. The SMILES string of the molecule is CCCCCCN=C(CCc1noc2c1C(=O)CCC2)C1=C(O)CCCC1=O. The number of hydrogen-bond donors (Lipinski definition) is 1. The fourth-order valence-corrected chi connectivity index (χ4v) is 3.98. The number of aryl methyl sites for hydroxylation is 2. The molecule has 0 unspecified atom stereocenters. The highest BCUT2D eigenvalue weighted by molar-refractivity contribution is 6.23. The number of aromatic nitrogens is 1. The summed E-state index contributed by atoms with van der Waals surface area (Å²) in [6, 6.07) is 0. The minimum absolute atomic E-state index is 0.0330. The van der Waals surface area contributed by atoms with Crippen LogP contribution in [0.1, 0.15) is 92.9 Å². The van der Waals surface area contributed by atoms with E-state index in [1.54, 1.807) is 0 Å². The highest BCUT2D eigenvalue weighted by Crippen LogP contribution is 2.27. The molecule has 0 saturated heterocycles. The number of aliphatic hydroxyl groups excluding tert-OH is 1. The van der Waals surface area contributed by atoms with Gasteiger partial charge in [-0.3, -0.25) is 14.6 Å². The fourth-order valence-electron chi connectivity index (χ4n) is 3.98. The topological polar surface area (TPSA) is 92.8 Å². The summed E-state index contributed by atoms with van der Waals surface area (Å²) < 4.78 is 5.36. The third-order valence-corrected chi connectivity index (χ3v) is 5.51. The van der Waals surface area contributed by atoms with Gasteiger partial charge in [-0.1, -0.05) is 31.3 Å². The summed E-state index contributed by atoms with van der Waals surface area (Å²) in [5.41, 5.74) is 2.33. The Bertz CT molecular complexity index is 788. The van der Waals surface area contributed by atoms with Crippen LogP contribution in [-0.4, -0.2) is 34.1 Å². The minimum Gasteiger partial charge on any atom is -0.511 e. The number of fused-ring (bicyclic) bond motifs is 1. The first-order valence-corrected chi connectivity index (χ1v) is 10.6. The van der Waals surface area contributed by atoms with E-state index in [2.05, 4.69) is 17.1 Å². The van der Waals surface area contributed by atoms with Crippen molar-refractivity contribution in [3.8, 4) is 0 Å². The Morgan fingerprint density at radius 3 is 2.64 bits per heavy atom. The van der Waals surface area contributed by atoms with Crippen molar-refractivity contribution in [3.63, 3.8) is 0 Å². The van der Waals surface area contributed by atoms with Crippen molar-refractivity contribution >= 4 is 17.3 Å². The summed E-state index contributed by atoms with van der Waals surface area (Å²) in [6.45, 7) is 2.81. The van der Waals surface area contributed by atoms with Gasteiger partial charge in [0.05, 0.1) is 16.8 Å². The molecule has 2 aliphatic rings. The molecular formula is C22H30N2O4. The minimum atomic E-state index is -0.0330. The number of unbranched alkanes of at least 4 members (excludes halogenated alkanes) is 3. The van der Waals surface area contributed by atoms with Crippen molar-refractivity contribution in [1.82, 2.24) is 5.16 Å². The molecule has 6 heteroatoms. The van der Waals surface area contributed by atoms with E-state index in [1.807, 2.05) is 0 Å². The highest BCUT2D eigenvalue weighted by atomic mass is 16.5. The maximum atomic E-state index is 12.4. The van der Waals surface area contributed by atoms with Gasteiger partial charge in [0.15, 0.2) is 11.6 Å². The van der Waals surface area contributed by atoms with Gasteiger partial charge in [0, 0.05) is 37.9 Å². The molecule has 0 atom stereocenters. The molecule has 0 spiro atoms. The molecule has 0 radical (unpaired) electrons. The Kier molecular flexibility index (Phi) is 7.18. The van der Waals surface area contributed by atoms with E-state index in [4.69, 9.17) is 4.52 Å². The van der Waals surface area contributed by atoms with Crippen molar-refractivity contribution in [2.45, 2.75) is 84.0 Å². The predicted octanol–water partition coefficient (Wildman–Crippen LogP) is 4.71. The van der Waals surface area contributed by atoms with Gasteiger partial charge in [0.1, 0.15) is 11.5 Å². The summed E-state index contributed by atoms with van der Waals surface area (Å²) in [4.78, 5) is 29.4. The van der Waals surface area contributed by atoms with Crippen molar-refractivity contribution in [3.05, 3.63) is 28.3 Å². The number of aliphatic hydroxyl groups is 1. The Morgan fingerprint density at radius 1 is 1.07 bits per heavy atom. The zero-order valence-corrected chi connectivity index (χ0v) is 16.8. The molecule has 152 valence electrons. The molecule has 28 heavy (non-hydrogen) atoms. The lowest BCUT2D eigenvalue weighted by Crippen LogP contribution is -2.21. The number of Topliss-reactive ketones (excluding diaryl/α,β-unsaturated/α-hetero) is 2. The Morgan fingerprint density at radius 2 is 1.86 bits per heavy atom. The second-order valence-electron chi connectivity index (χ2n) is 7.69. The molecule has 1 aromatic rings. The second kappa shape index (κ2) is 9.80. The van der Waals surface area contributed by atoms with Crippen LogP contribution < -0.4 is 0 Å². The molecule has 0 saturated carbocycles. The first-order valence-electron chi connectivity index (χ1n) is 10.6. The average Bonchev–Trinajstić information content (AvgIpc) is 3.09. The lowest BCUT2D eigenvalue weighted by atomic mass is 9.89. The number of carbonyl (C=O) groups is 2. The van der Waals surface area contributed by atoms with E-state index in [0.717, 1.165) is 32.1 Å². The number of nitrogens with zero attached hydrogens (tertiary/aromatic N) is 2. The summed E-state index contributed by atoms with van der Waals surface area (Å²) in [6.07, 6.45) is 9.12. The van der Waals surface area contributed by atoms with Gasteiger partial charge in [-0.25, -0.2) is 0 Å². The molecular weight excluding hydrogens is 356 g/mol. The quantitative estimate of drug-likeness (QED) is 0.490. The number of hydrogen-bond acceptors (Lipinski definition) is 6. The second-order valence-corrected chi connectivity index (χ2v) is 7.69. The lowest BCUT2D eigenvalue weighted by Gasteiger charge is -2.17. The fraction of sp³-hybridized carbons (Fsp3) is 0.636. The van der Waals surface area contributed by atoms with Gasteiger partial charge >= 0.3 is 0 Å². The zero-order chi connectivity index (χ0) is 19.9. The maximum absolute atomic E-state index is 12.4. The summed E-state index contributed by atoms with van der Waals surface area (Å²) in [5.74, 6) is 0.891. The Balaban J connectivity index is 1.76. The standard InChI is InChI=1S/C22H30N2O4/c1-2-3-4-5-14-23-15(21-17(25)8-6-9-18(21)26)12-13-16-22-19(27)10-7-11-20(22)28-24-16/h25H,2-14H2,1H3. The van der Waals surface area contributed by atoms with Crippen molar-refractivity contribution in [2.24, 2.45) is 4.99 Å². The zero-order valence-electron chi connectivity index (χ0n) is 16.8. The van der Waals surface area contributed by atoms with Gasteiger partial charge in [0.25, 0.3) is 0 Å². The van der Waals surface area contributed by atoms with E-state index in [9.17, 15) is 14.7 Å². The van der Waals surface area contributed by atoms with Crippen LogP contribution in [0.15, 0.2) is 20.8 Å². The molecule has 0 aliphatic heterocycles. The van der Waals surface area contributed by atoms with Crippen LogP contribution in [0.3, 0.4) is 0 Å². The molecule has 0 amide bonds. The van der Waals surface area contributed by atoms with Gasteiger partial charge in [-0.2, -0.15) is 0 Å². The van der Waals surface area contributed by atoms with E-state index >= 15 is 0 Å². The molecule has 0 aromatic carbocycles. The number of allylic oxidation sites excluding steroid dienone is 2. The molecule has 1 heterocycles. The Labute approximate surface area is 166 Å². The van der Waals surface area contributed by atoms with E-state index < -0.39 is 0 Å². The summed E-state index contributed by atoms with van der Waals surface area (Å²) in [5, 5.41) is 14.4. The average molecular weight is 386 g/mol. The molecule has 0 bridgehead atoms. The first-order chi connectivity index (χ1) is 13.6. The molecule has 2 aliphatic carbocycles. The largest absolute Gasteiger partial charge is 0.511 e. The molecule has 1 N–H and O–H groups in total. The van der Waals surface area contributed by atoms with Crippen LogP contribution in [0.5, 0.6) is 0 Å². The maximum Gasteiger partial charge on any atom is 0.168 e. The van der Waals surface area contributed by atoms with Gasteiger partial charge in [0.2, 0.25) is 0 Å². The molecule has 3 rings (SSSR count). The third-order valence-electron chi connectivity index (χ3n) is 5.51. The van der Waals surface area contributed by atoms with Crippen LogP contribution in [0, 0.1) is 0 Å². The van der Waals surface area contributed by atoms with Crippen LogP contribution >= 0.6 is 0 Å². The highest BCUT2D eigenvalue weighted by Gasteiger charge is 2.28. The lowest BCUT2D eigenvalue weighted by molar-refractivity contribution is -0.115. The van der Waals surface area contributed by atoms with Gasteiger partial charge in [-0.05, 0) is 32.1 Å². The van der Waals surface area contributed by atoms with Gasteiger partial charge < -0.3 is 9.63 Å². The van der Waals surface area contributed by atoms with Crippen molar-refractivity contribution < 1.29 is 19.2 Å². The Hall–Kier alpha value is -2.24. The van der Waals surface area contributed by atoms with Crippen LogP contribution in [-0.2, 0) is 17.6 Å². The van der Waals surface area contributed by atoms with E-state index in [1.165, 1.54) is 6.42 Å². The summed E-state index contributed by atoms with van der Waals surface area (Å²) >= 11 is 0. The van der Waals surface area contributed by atoms with E-state index in [0.29, 0.717) is 73.4 Å². The van der Waals surface area contributed by atoms with Crippen molar-refractivity contribution in [1.29, 1.82) is 0 Å². The van der Waals surface area contributed by atoms with Gasteiger partial charge in [-0.15, -0.1) is 0 Å². The molecule has 6 nitrogen and oxygen atoms in total. The molecule has 1 aromatic heterocycles. The number of ketones is 2. The normalized spacial score (nSPS) is 18.0. The van der Waals surface area contributed by atoms with Crippen LogP contribution in [0.25, 0.3) is 0 Å². The van der Waals surface area contributed by atoms with Crippen LogP contribution in [0.4, 0.5) is 0 Å². The third kappa shape index (κ3) is 4.78. The number of rotatable bonds is 9. The first kappa shape index (κ1) is 20.5. The van der Waals surface area contributed by atoms with Crippen molar-refractivity contribution in [2.75, 3.05) is 6.54 Å². The predicted molar refractivity (Wildman–Crippen MR) is 107 cm³/mol. The van der Waals surface area contributed by atoms with Crippen LogP contribution in [0.2, 0.25) is 0 Å². The number of carbonyl (C=O) groups excluding carboxylic acids is 2. The van der Waals surface area contributed by atoms with E-state index in [-0.39, 0.29) is 17.3 Å². The number of aliphatic imine (C=N–C) groups is 1. The monoisotopic (exact) mass is 386 g/mol. The molecule has 0 fully saturated rings. The summed E-state index contributed by atoms with van der Waals surface area (Å²) in [7, 11) is 0.